The lowest BCUT2D eigenvalue weighted by Crippen LogP contribution is -1.97. The molecule has 1 N–H and O–H groups in total. The highest BCUT2D eigenvalue weighted by Gasteiger charge is 2.14. The van der Waals surface area contributed by atoms with Crippen LogP contribution in [0, 0.1) is 0 Å². The normalized spacial score (nSPS) is 15.1. The van der Waals surface area contributed by atoms with E-state index in [2.05, 4.69) is 24.3 Å². The maximum atomic E-state index is 10.1. The molecule has 2 aromatic rings. The molecule has 1 aliphatic rings. The van der Waals surface area contributed by atoms with E-state index in [9.17, 15) is 5.11 Å². The quantitative estimate of drug-likeness (QED) is 0.872. The standard InChI is InChI=1S/C18H20OS/c1-2-17(19)16-8-3-4-9-18(16)20-15-11-10-13-6-5-7-14(13)12-15/h3-4,8-12,17,19H,2,5-7H2,1H3. The van der Waals surface area contributed by atoms with E-state index in [0.29, 0.717) is 0 Å². The molecular formula is C18H20OS. The summed E-state index contributed by atoms with van der Waals surface area (Å²) in [6, 6.07) is 15.0. The number of benzene rings is 2. The van der Waals surface area contributed by atoms with E-state index in [0.717, 1.165) is 12.0 Å². The van der Waals surface area contributed by atoms with Crippen molar-refractivity contribution in [1.29, 1.82) is 0 Å². The van der Waals surface area contributed by atoms with Crippen molar-refractivity contribution in [3.05, 3.63) is 59.2 Å². The molecule has 2 heteroatoms. The number of fused-ring (bicyclic) bond motifs is 1. The zero-order valence-electron chi connectivity index (χ0n) is 11.8. The molecule has 1 atom stereocenters. The highest BCUT2D eigenvalue weighted by Crippen LogP contribution is 2.36. The van der Waals surface area contributed by atoms with Gasteiger partial charge in [0, 0.05) is 9.79 Å². The summed E-state index contributed by atoms with van der Waals surface area (Å²) in [7, 11) is 0. The van der Waals surface area contributed by atoms with Crippen LogP contribution in [0.15, 0.2) is 52.3 Å². The van der Waals surface area contributed by atoms with Gasteiger partial charge in [0.2, 0.25) is 0 Å². The van der Waals surface area contributed by atoms with Gasteiger partial charge in [0.1, 0.15) is 0 Å². The van der Waals surface area contributed by atoms with Crippen LogP contribution in [-0.2, 0) is 12.8 Å². The molecule has 104 valence electrons. The lowest BCUT2D eigenvalue weighted by atomic mass is 10.1. The summed E-state index contributed by atoms with van der Waals surface area (Å²) in [4.78, 5) is 2.45. The summed E-state index contributed by atoms with van der Waals surface area (Å²) < 4.78 is 0. The highest BCUT2D eigenvalue weighted by molar-refractivity contribution is 7.99. The molecule has 0 spiro atoms. The Kier molecular flexibility index (Phi) is 4.13. The molecule has 0 aromatic heterocycles. The van der Waals surface area contributed by atoms with Gasteiger partial charge < -0.3 is 5.11 Å². The van der Waals surface area contributed by atoms with E-state index >= 15 is 0 Å². The molecule has 1 nitrogen and oxygen atoms in total. The molecule has 0 bridgehead atoms. The third kappa shape index (κ3) is 2.77. The summed E-state index contributed by atoms with van der Waals surface area (Å²) >= 11 is 1.76. The van der Waals surface area contributed by atoms with Gasteiger partial charge in [-0.25, -0.2) is 0 Å². The van der Waals surface area contributed by atoms with Crippen molar-refractivity contribution in [2.24, 2.45) is 0 Å². The second-order valence-electron chi connectivity index (χ2n) is 5.35. The lowest BCUT2D eigenvalue weighted by Gasteiger charge is -2.14. The molecule has 0 amide bonds. The first-order valence-corrected chi connectivity index (χ1v) is 8.16. The summed E-state index contributed by atoms with van der Waals surface area (Å²) in [6.07, 6.45) is 4.11. The van der Waals surface area contributed by atoms with E-state index in [1.807, 2.05) is 25.1 Å². The van der Waals surface area contributed by atoms with Crippen molar-refractivity contribution in [2.75, 3.05) is 0 Å². The van der Waals surface area contributed by atoms with Gasteiger partial charge >= 0.3 is 0 Å². The van der Waals surface area contributed by atoms with Crippen molar-refractivity contribution in [3.8, 4) is 0 Å². The van der Waals surface area contributed by atoms with E-state index < -0.39 is 0 Å². The molecule has 0 saturated carbocycles. The number of rotatable bonds is 4. The van der Waals surface area contributed by atoms with Crippen LogP contribution in [0.2, 0.25) is 0 Å². The van der Waals surface area contributed by atoms with Crippen LogP contribution < -0.4 is 0 Å². The molecule has 1 unspecified atom stereocenters. The van der Waals surface area contributed by atoms with Gasteiger partial charge in [0.05, 0.1) is 6.10 Å². The van der Waals surface area contributed by atoms with Gasteiger partial charge in [-0.1, -0.05) is 43.0 Å². The molecule has 20 heavy (non-hydrogen) atoms. The molecule has 0 heterocycles. The summed E-state index contributed by atoms with van der Waals surface area (Å²) in [5.41, 5.74) is 4.06. The van der Waals surface area contributed by atoms with Crippen molar-refractivity contribution < 1.29 is 5.11 Å². The number of aliphatic hydroxyl groups excluding tert-OH is 1. The maximum Gasteiger partial charge on any atom is 0.0798 e. The molecule has 2 aromatic carbocycles. The van der Waals surface area contributed by atoms with E-state index in [1.165, 1.54) is 40.2 Å². The number of hydrogen-bond acceptors (Lipinski definition) is 2. The Hall–Kier alpha value is -1.25. The maximum absolute atomic E-state index is 10.1. The average Bonchev–Trinajstić information content (AvgIpc) is 2.94. The number of aliphatic hydroxyl groups is 1. The smallest absolute Gasteiger partial charge is 0.0798 e. The Morgan fingerprint density at radius 3 is 2.75 bits per heavy atom. The van der Waals surface area contributed by atoms with Crippen LogP contribution in [-0.4, -0.2) is 5.11 Å². The molecule has 0 radical (unpaired) electrons. The van der Waals surface area contributed by atoms with Crippen molar-refractivity contribution in [2.45, 2.75) is 48.5 Å². The van der Waals surface area contributed by atoms with Crippen LogP contribution in [0.1, 0.15) is 42.6 Å². The molecule has 0 aliphatic heterocycles. The van der Waals surface area contributed by atoms with Gasteiger partial charge in [-0.3, -0.25) is 0 Å². The van der Waals surface area contributed by atoms with Gasteiger partial charge in [0.15, 0.2) is 0 Å². The summed E-state index contributed by atoms with van der Waals surface area (Å²) in [5, 5.41) is 10.1. The number of hydrogen-bond donors (Lipinski definition) is 1. The monoisotopic (exact) mass is 284 g/mol. The molecule has 3 rings (SSSR count). The third-order valence-electron chi connectivity index (χ3n) is 3.96. The largest absolute Gasteiger partial charge is 0.388 e. The van der Waals surface area contributed by atoms with Gasteiger partial charge in [0.25, 0.3) is 0 Å². The fraction of sp³-hybridized carbons (Fsp3) is 0.333. The summed E-state index contributed by atoms with van der Waals surface area (Å²) in [6.45, 7) is 2.02. The number of aryl methyl sites for hydroxylation is 2. The predicted molar refractivity (Wildman–Crippen MR) is 84.3 cm³/mol. The second-order valence-corrected chi connectivity index (χ2v) is 6.46. The van der Waals surface area contributed by atoms with Crippen LogP contribution in [0.4, 0.5) is 0 Å². The predicted octanol–water partition coefficient (Wildman–Crippen LogP) is 4.77. The van der Waals surface area contributed by atoms with Crippen LogP contribution >= 0.6 is 11.8 Å². The molecule has 0 fully saturated rings. The van der Waals surface area contributed by atoms with E-state index in [1.54, 1.807) is 11.8 Å². The van der Waals surface area contributed by atoms with Crippen LogP contribution in [0.25, 0.3) is 0 Å². The second kappa shape index (κ2) is 6.02. The molecular weight excluding hydrogens is 264 g/mol. The van der Waals surface area contributed by atoms with Gasteiger partial charge in [-0.2, -0.15) is 0 Å². The van der Waals surface area contributed by atoms with Crippen molar-refractivity contribution in [1.82, 2.24) is 0 Å². The Bertz CT molecular complexity index is 606. The molecule has 0 saturated heterocycles. The third-order valence-corrected chi connectivity index (χ3v) is 5.04. The van der Waals surface area contributed by atoms with Gasteiger partial charge in [-0.05, 0) is 60.6 Å². The lowest BCUT2D eigenvalue weighted by molar-refractivity contribution is 0.171. The van der Waals surface area contributed by atoms with E-state index in [4.69, 9.17) is 0 Å². The van der Waals surface area contributed by atoms with Gasteiger partial charge in [-0.15, -0.1) is 0 Å². The van der Waals surface area contributed by atoms with Crippen LogP contribution in [0.5, 0.6) is 0 Å². The Balaban J connectivity index is 1.88. The van der Waals surface area contributed by atoms with Crippen molar-refractivity contribution >= 4 is 11.8 Å². The minimum atomic E-state index is -0.367. The first-order chi connectivity index (χ1) is 9.78. The minimum absolute atomic E-state index is 0.367. The Morgan fingerprint density at radius 2 is 1.90 bits per heavy atom. The van der Waals surface area contributed by atoms with Crippen LogP contribution in [0.3, 0.4) is 0 Å². The molecule has 1 aliphatic carbocycles. The Labute approximate surface area is 125 Å². The SMILES string of the molecule is CCC(O)c1ccccc1Sc1ccc2c(c1)CCC2. The fourth-order valence-corrected chi connectivity index (χ4v) is 3.87. The zero-order valence-corrected chi connectivity index (χ0v) is 12.6. The first kappa shape index (κ1) is 13.7. The average molecular weight is 284 g/mol. The topological polar surface area (TPSA) is 20.2 Å². The minimum Gasteiger partial charge on any atom is -0.388 e. The highest BCUT2D eigenvalue weighted by atomic mass is 32.2. The Morgan fingerprint density at radius 1 is 1.10 bits per heavy atom. The van der Waals surface area contributed by atoms with Crippen molar-refractivity contribution in [3.63, 3.8) is 0 Å². The fourth-order valence-electron chi connectivity index (χ4n) is 2.81. The summed E-state index contributed by atoms with van der Waals surface area (Å²) in [5.74, 6) is 0. The zero-order chi connectivity index (χ0) is 13.9. The van der Waals surface area contributed by atoms with E-state index in [-0.39, 0.29) is 6.10 Å². The first-order valence-electron chi connectivity index (χ1n) is 7.34.